The number of ether oxygens (including phenoxy) is 1. The molecule has 1 aromatic heterocycles. The van der Waals surface area contributed by atoms with E-state index < -0.39 is 6.04 Å². The molecule has 1 saturated heterocycles. The number of esters is 1. The van der Waals surface area contributed by atoms with Gasteiger partial charge in [-0.25, -0.2) is 9.78 Å². The van der Waals surface area contributed by atoms with Gasteiger partial charge in [0, 0.05) is 17.5 Å². The molecule has 1 aliphatic rings. The molecule has 2 heterocycles. The smallest absolute Gasteiger partial charge is 0.328 e. The van der Waals surface area contributed by atoms with E-state index in [1.165, 1.54) is 23.3 Å². The van der Waals surface area contributed by atoms with Gasteiger partial charge in [-0.15, -0.1) is 11.3 Å². The number of amides is 1. The first-order chi connectivity index (χ1) is 11.1. The number of hydrogen-bond acceptors (Lipinski definition) is 6. The Morgan fingerprint density at radius 2 is 2.09 bits per heavy atom. The normalized spacial score (nSPS) is 17.3. The van der Waals surface area contributed by atoms with E-state index >= 15 is 0 Å². The Labute approximate surface area is 137 Å². The minimum Gasteiger partial charge on any atom is -0.508 e. The lowest BCUT2D eigenvalue weighted by Crippen LogP contribution is -2.41. The molecule has 1 aliphatic heterocycles. The maximum Gasteiger partial charge on any atom is 0.328 e. The van der Waals surface area contributed by atoms with Crippen LogP contribution in [0.15, 0.2) is 29.6 Å². The van der Waals surface area contributed by atoms with E-state index in [9.17, 15) is 14.7 Å². The summed E-state index contributed by atoms with van der Waals surface area (Å²) >= 11 is 1.35. The lowest BCUT2D eigenvalue weighted by Gasteiger charge is -2.21. The summed E-state index contributed by atoms with van der Waals surface area (Å²) in [5, 5.41) is 11.7. The Morgan fingerprint density at radius 3 is 2.78 bits per heavy atom. The Morgan fingerprint density at radius 1 is 1.35 bits per heavy atom. The van der Waals surface area contributed by atoms with Crippen LogP contribution in [0.3, 0.4) is 0 Å². The molecule has 0 radical (unpaired) electrons. The van der Waals surface area contributed by atoms with Gasteiger partial charge in [0.1, 0.15) is 22.5 Å². The molecule has 7 heteroatoms. The molecule has 2 aromatic rings. The molecule has 1 atom stereocenters. The van der Waals surface area contributed by atoms with Crippen LogP contribution >= 0.6 is 11.3 Å². The monoisotopic (exact) mass is 332 g/mol. The highest BCUT2D eigenvalue weighted by Crippen LogP contribution is 2.27. The highest BCUT2D eigenvalue weighted by molar-refractivity contribution is 7.13. The van der Waals surface area contributed by atoms with Gasteiger partial charge in [-0.3, -0.25) is 4.79 Å². The fraction of sp³-hybridized carbons (Fsp3) is 0.312. The van der Waals surface area contributed by atoms with Crippen LogP contribution in [0.4, 0.5) is 0 Å². The Bertz CT molecular complexity index is 726. The number of carbonyl (C=O) groups is 2. The molecule has 0 bridgehead atoms. The summed E-state index contributed by atoms with van der Waals surface area (Å²) in [6.07, 6.45) is 1.40. The molecule has 120 valence electrons. The number of benzene rings is 1. The van der Waals surface area contributed by atoms with E-state index in [0.717, 1.165) is 12.0 Å². The van der Waals surface area contributed by atoms with Crippen molar-refractivity contribution < 1.29 is 19.4 Å². The number of aromatic nitrogens is 1. The van der Waals surface area contributed by atoms with Crippen molar-refractivity contribution in [3.63, 3.8) is 0 Å². The third kappa shape index (κ3) is 3.05. The minimum atomic E-state index is -0.522. The molecule has 1 N–H and O–H groups in total. The molecule has 0 saturated carbocycles. The van der Waals surface area contributed by atoms with Gasteiger partial charge in [0.25, 0.3) is 5.91 Å². The standard InChI is InChI=1S/C16H16N2O4S/c1-22-16(21)13-3-2-8-18(13)15(20)12-9-23-14(17-12)10-4-6-11(19)7-5-10/h4-7,9,13,19H,2-3,8H2,1H3/t13-/m1/s1. The lowest BCUT2D eigenvalue weighted by atomic mass is 10.2. The van der Waals surface area contributed by atoms with E-state index in [4.69, 9.17) is 4.74 Å². The molecular formula is C16H16N2O4S. The zero-order valence-electron chi connectivity index (χ0n) is 12.6. The van der Waals surface area contributed by atoms with Crippen molar-refractivity contribution in [3.8, 4) is 16.3 Å². The van der Waals surface area contributed by atoms with Gasteiger partial charge < -0.3 is 14.7 Å². The highest BCUT2D eigenvalue weighted by atomic mass is 32.1. The van der Waals surface area contributed by atoms with Crippen LogP contribution in [-0.2, 0) is 9.53 Å². The van der Waals surface area contributed by atoms with E-state index in [0.29, 0.717) is 23.7 Å². The summed E-state index contributed by atoms with van der Waals surface area (Å²) in [5.41, 5.74) is 1.16. The van der Waals surface area contributed by atoms with Gasteiger partial charge in [0.15, 0.2) is 0 Å². The predicted molar refractivity (Wildman–Crippen MR) is 85.3 cm³/mol. The number of phenols is 1. The third-order valence-electron chi connectivity index (χ3n) is 3.82. The van der Waals surface area contributed by atoms with Gasteiger partial charge in [-0.2, -0.15) is 0 Å². The average molecular weight is 332 g/mol. The molecule has 1 aromatic carbocycles. The molecule has 1 fully saturated rings. The molecule has 3 rings (SSSR count). The van der Waals surface area contributed by atoms with Crippen molar-refractivity contribution in [2.24, 2.45) is 0 Å². The van der Waals surface area contributed by atoms with Crippen LogP contribution in [0.25, 0.3) is 10.6 Å². The number of likely N-dealkylation sites (tertiary alicyclic amines) is 1. The van der Waals surface area contributed by atoms with Crippen LogP contribution in [0.1, 0.15) is 23.3 Å². The number of nitrogens with zero attached hydrogens (tertiary/aromatic N) is 2. The minimum absolute atomic E-state index is 0.180. The molecular weight excluding hydrogens is 316 g/mol. The number of phenolic OH excluding ortho intramolecular Hbond substituents is 1. The Kier molecular flexibility index (Phi) is 4.29. The second-order valence-corrected chi connectivity index (χ2v) is 6.12. The Hall–Kier alpha value is -2.41. The number of methoxy groups -OCH3 is 1. The molecule has 6 nitrogen and oxygen atoms in total. The van der Waals surface area contributed by atoms with Crippen molar-refractivity contribution in [1.29, 1.82) is 0 Å². The average Bonchev–Trinajstić information content (AvgIpc) is 3.23. The zero-order chi connectivity index (χ0) is 16.4. The first-order valence-electron chi connectivity index (χ1n) is 7.24. The van der Waals surface area contributed by atoms with Crippen LogP contribution in [0.2, 0.25) is 0 Å². The van der Waals surface area contributed by atoms with Crippen molar-refractivity contribution in [2.45, 2.75) is 18.9 Å². The first-order valence-corrected chi connectivity index (χ1v) is 8.12. The van der Waals surface area contributed by atoms with Crippen LogP contribution in [0.5, 0.6) is 5.75 Å². The van der Waals surface area contributed by atoms with E-state index in [1.807, 2.05) is 0 Å². The fourth-order valence-corrected chi connectivity index (χ4v) is 3.45. The molecule has 0 unspecified atom stereocenters. The Balaban J connectivity index is 1.81. The third-order valence-corrected chi connectivity index (χ3v) is 4.72. The second kappa shape index (κ2) is 6.37. The van der Waals surface area contributed by atoms with Crippen molar-refractivity contribution in [2.75, 3.05) is 13.7 Å². The van der Waals surface area contributed by atoms with Crippen LogP contribution in [-0.4, -0.2) is 46.6 Å². The van der Waals surface area contributed by atoms with Crippen molar-refractivity contribution in [3.05, 3.63) is 35.3 Å². The number of carbonyl (C=O) groups excluding carboxylic acids is 2. The van der Waals surface area contributed by atoms with Gasteiger partial charge in [0.2, 0.25) is 0 Å². The molecule has 0 aliphatic carbocycles. The molecule has 23 heavy (non-hydrogen) atoms. The summed E-state index contributed by atoms with van der Waals surface area (Å²) in [4.78, 5) is 30.3. The number of rotatable bonds is 3. The van der Waals surface area contributed by atoms with Gasteiger partial charge in [-0.05, 0) is 37.1 Å². The van der Waals surface area contributed by atoms with Gasteiger partial charge >= 0.3 is 5.97 Å². The zero-order valence-corrected chi connectivity index (χ0v) is 13.4. The van der Waals surface area contributed by atoms with E-state index in [2.05, 4.69) is 4.98 Å². The maximum absolute atomic E-state index is 12.6. The predicted octanol–water partition coefficient (Wildman–Crippen LogP) is 2.29. The maximum atomic E-state index is 12.6. The van der Waals surface area contributed by atoms with Crippen LogP contribution < -0.4 is 0 Å². The molecule has 0 spiro atoms. The van der Waals surface area contributed by atoms with Crippen LogP contribution in [0, 0.1) is 0 Å². The lowest BCUT2D eigenvalue weighted by molar-refractivity contribution is -0.145. The van der Waals surface area contributed by atoms with Crippen molar-refractivity contribution in [1.82, 2.24) is 9.88 Å². The number of thiazole rings is 1. The summed E-state index contributed by atoms with van der Waals surface area (Å²) in [7, 11) is 1.33. The number of aromatic hydroxyl groups is 1. The highest BCUT2D eigenvalue weighted by Gasteiger charge is 2.36. The number of hydrogen-bond donors (Lipinski definition) is 1. The summed E-state index contributed by atoms with van der Waals surface area (Å²) in [5.74, 6) is -0.455. The first kappa shape index (κ1) is 15.5. The molecule has 1 amide bonds. The van der Waals surface area contributed by atoms with Crippen molar-refractivity contribution >= 4 is 23.2 Å². The second-order valence-electron chi connectivity index (χ2n) is 5.26. The SMILES string of the molecule is COC(=O)[C@H]1CCCN1C(=O)c1csc(-c2ccc(O)cc2)n1. The van der Waals surface area contributed by atoms with Gasteiger partial charge in [-0.1, -0.05) is 0 Å². The summed E-state index contributed by atoms with van der Waals surface area (Å²) in [6, 6.07) is 6.12. The van der Waals surface area contributed by atoms with E-state index in [1.54, 1.807) is 29.6 Å². The fourth-order valence-electron chi connectivity index (χ4n) is 2.65. The van der Waals surface area contributed by atoms with E-state index in [-0.39, 0.29) is 17.6 Å². The largest absolute Gasteiger partial charge is 0.508 e. The topological polar surface area (TPSA) is 79.7 Å². The summed E-state index contributed by atoms with van der Waals surface area (Å²) < 4.78 is 4.76. The summed E-state index contributed by atoms with van der Waals surface area (Å²) in [6.45, 7) is 0.532. The quantitative estimate of drug-likeness (QED) is 0.873. The van der Waals surface area contributed by atoms with Gasteiger partial charge in [0.05, 0.1) is 7.11 Å².